The highest BCUT2D eigenvalue weighted by molar-refractivity contribution is 14.1. The van der Waals surface area contributed by atoms with Gasteiger partial charge in [0.2, 0.25) is 0 Å². The lowest BCUT2D eigenvalue weighted by Gasteiger charge is -2.25. The number of anilines is 1. The SMILES string of the molecule is CCNc1nc(C2CCC2)nc(COC)c1I. The van der Waals surface area contributed by atoms with Crippen molar-refractivity contribution >= 4 is 28.4 Å². The van der Waals surface area contributed by atoms with Crippen LogP contribution in [0.25, 0.3) is 0 Å². The number of ether oxygens (including phenoxy) is 1. The molecule has 1 aromatic heterocycles. The molecular weight excluding hydrogens is 329 g/mol. The zero-order valence-electron chi connectivity index (χ0n) is 10.3. The number of nitrogens with zero attached hydrogens (tertiary/aromatic N) is 2. The highest BCUT2D eigenvalue weighted by Gasteiger charge is 2.24. The van der Waals surface area contributed by atoms with Crippen LogP contribution in [0.4, 0.5) is 5.82 Å². The number of nitrogens with one attached hydrogen (secondary N) is 1. The van der Waals surface area contributed by atoms with Gasteiger partial charge in [0, 0.05) is 19.6 Å². The molecule has 0 radical (unpaired) electrons. The number of halogens is 1. The van der Waals surface area contributed by atoms with Crippen molar-refractivity contribution in [1.29, 1.82) is 0 Å². The number of hydrogen-bond donors (Lipinski definition) is 1. The normalized spacial score (nSPS) is 15.7. The molecule has 0 atom stereocenters. The van der Waals surface area contributed by atoms with Crippen molar-refractivity contribution < 1.29 is 4.74 Å². The number of methoxy groups -OCH3 is 1. The Morgan fingerprint density at radius 2 is 2.18 bits per heavy atom. The van der Waals surface area contributed by atoms with Crippen LogP contribution in [0.15, 0.2) is 0 Å². The second kappa shape index (κ2) is 5.95. The van der Waals surface area contributed by atoms with E-state index in [1.165, 1.54) is 19.3 Å². The van der Waals surface area contributed by atoms with E-state index in [1.807, 2.05) is 0 Å². The smallest absolute Gasteiger partial charge is 0.143 e. The van der Waals surface area contributed by atoms with Crippen LogP contribution in [0.2, 0.25) is 0 Å². The fourth-order valence-corrected chi connectivity index (χ4v) is 2.47. The number of hydrogen-bond acceptors (Lipinski definition) is 4. The Hall–Kier alpha value is -0.430. The van der Waals surface area contributed by atoms with Crippen LogP contribution in [0, 0.1) is 3.57 Å². The standard InChI is InChI=1S/C12H18IN3O/c1-3-14-12-10(13)9(7-17-2)15-11(16-12)8-5-4-6-8/h8H,3-7H2,1-2H3,(H,14,15,16). The van der Waals surface area contributed by atoms with Crippen molar-refractivity contribution in [2.75, 3.05) is 19.0 Å². The summed E-state index contributed by atoms with van der Waals surface area (Å²) in [5.74, 6) is 2.50. The van der Waals surface area contributed by atoms with E-state index >= 15 is 0 Å². The molecular formula is C12H18IN3O. The van der Waals surface area contributed by atoms with Gasteiger partial charge in [-0.15, -0.1) is 0 Å². The van der Waals surface area contributed by atoms with Crippen LogP contribution in [-0.2, 0) is 11.3 Å². The fraction of sp³-hybridized carbons (Fsp3) is 0.667. The van der Waals surface area contributed by atoms with Gasteiger partial charge in [0.1, 0.15) is 11.6 Å². The lowest BCUT2D eigenvalue weighted by atomic mass is 9.85. The van der Waals surface area contributed by atoms with Crippen molar-refractivity contribution in [3.8, 4) is 0 Å². The van der Waals surface area contributed by atoms with Gasteiger partial charge in [0.15, 0.2) is 0 Å². The number of rotatable bonds is 5. The Kier molecular flexibility index (Phi) is 4.55. The first-order chi connectivity index (χ1) is 8.26. The maximum atomic E-state index is 5.21. The van der Waals surface area contributed by atoms with Crippen molar-refractivity contribution in [3.05, 3.63) is 15.1 Å². The Balaban J connectivity index is 2.32. The van der Waals surface area contributed by atoms with Crippen LogP contribution in [0.1, 0.15) is 43.6 Å². The molecule has 0 amide bonds. The molecule has 1 N–H and O–H groups in total. The summed E-state index contributed by atoms with van der Waals surface area (Å²) in [5.41, 5.74) is 1.00. The van der Waals surface area contributed by atoms with Gasteiger partial charge in [-0.1, -0.05) is 6.42 Å². The minimum absolute atomic E-state index is 0.554. The average molecular weight is 347 g/mol. The van der Waals surface area contributed by atoms with Gasteiger partial charge in [-0.3, -0.25) is 0 Å². The molecule has 1 heterocycles. The van der Waals surface area contributed by atoms with Gasteiger partial charge in [0.25, 0.3) is 0 Å². The van der Waals surface area contributed by atoms with Gasteiger partial charge in [-0.05, 0) is 42.4 Å². The largest absolute Gasteiger partial charge is 0.378 e. The van der Waals surface area contributed by atoms with Crippen molar-refractivity contribution in [2.45, 2.75) is 38.7 Å². The summed E-state index contributed by atoms with van der Waals surface area (Å²) in [6, 6.07) is 0. The molecule has 0 aromatic carbocycles. The molecule has 94 valence electrons. The van der Waals surface area contributed by atoms with E-state index in [0.29, 0.717) is 12.5 Å². The molecule has 1 saturated carbocycles. The van der Waals surface area contributed by atoms with Gasteiger partial charge < -0.3 is 10.1 Å². The third kappa shape index (κ3) is 2.88. The topological polar surface area (TPSA) is 47.0 Å². The first-order valence-corrected chi connectivity index (χ1v) is 7.13. The summed E-state index contributed by atoms with van der Waals surface area (Å²) in [6.07, 6.45) is 3.74. The summed E-state index contributed by atoms with van der Waals surface area (Å²) >= 11 is 2.29. The van der Waals surface area contributed by atoms with Crippen LogP contribution < -0.4 is 5.32 Å². The van der Waals surface area contributed by atoms with E-state index in [-0.39, 0.29) is 0 Å². The Bertz CT molecular complexity index is 366. The summed E-state index contributed by atoms with van der Waals surface area (Å²) in [6.45, 7) is 3.51. The highest BCUT2D eigenvalue weighted by atomic mass is 127. The molecule has 5 heteroatoms. The minimum atomic E-state index is 0.554. The lowest BCUT2D eigenvalue weighted by molar-refractivity contribution is 0.180. The maximum Gasteiger partial charge on any atom is 0.143 e. The van der Waals surface area contributed by atoms with E-state index in [2.05, 4.69) is 44.8 Å². The maximum absolute atomic E-state index is 5.21. The molecule has 1 aliphatic carbocycles. The first kappa shape index (κ1) is 13.0. The van der Waals surface area contributed by atoms with Crippen molar-refractivity contribution in [3.63, 3.8) is 0 Å². The van der Waals surface area contributed by atoms with Gasteiger partial charge >= 0.3 is 0 Å². The summed E-state index contributed by atoms with van der Waals surface area (Å²) in [4.78, 5) is 9.28. The molecule has 17 heavy (non-hydrogen) atoms. The quantitative estimate of drug-likeness (QED) is 0.832. The van der Waals surface area contributed by atoms with Crippen molar-refractivity contribution in [1.82, 2.24) is 9.97 Å². The summed E-state index contributed by atoms with van der Waals surface area (Å²) < 4.78 is 6.28. The summed E-state index contributed by atoms with van der Waals surface area (Å²) in [5, 5.41) is 3.30. The second-order valence-electron chi connectivity index (χ2n) is 4.28. The predicted octanol–water partition coefficient (Wildman–Crippen LogP) is 2.93. The van der Waals surface area contributed by atoms with Gasteiger partial charge in [-0.2, -0.15) is 0 Å². The van der Waals surface area contributed by atoms with Gasteiger partial charge in [0.05, 0.1) is 15.9 Å². The van der Waals surface area contributed by atoms with Crippen LogP contribution in [0.5, 0.6) is 0 Å². The predicted molar refractivity (Wildman–Crippen MR) is 76.2 cm³/mol. The van der Waals surface area contributed by atoms with Crippen LogP contribution in [-0.4, -0.2) is 23.6 Å². The molecule has 0 saturated heterocycles. The zero-order chi connectivity index (χ0) is 12.3. The molecule has 0 unspecified atom stereocenters. The number of aromatic nitrogens is 2. The van der Waals surface area contributed by atoms with Crippen molar-refractivity contribution in [2.24, 2.45) is 0 Å². The minimum Gasteiger partial charge on any atom is -0.378 e. The van der Waals surface area contributed by atoms with E-state index in [0.717, 1.165) is 27.5 Å². The first-order valence-electron chi connectivity index (χ1n) is 6.05. The molecule has 0 aliphatic heterocycles. The van der Waals surface area contributed by atoms with Gasteiger partial charge in [-0.25, -0.2) is 9.97 Å². The molecule has 2 rings (SSSR count). The monoisotopic (exact) mass is 347 g/mol. The third-order valence-electron chi connectivity index (χ3n) is 3.03. The van der Waals surface area contributed by atoms with Crippen LogP contribution in [0.3, 0.4) is 0 Å². The Morgan fingerprint density at radius 1 is 1.41 bits per heavy atom. The van der Waals surface area contributed by atoms with E-state index in [9.17, 15) is 0 Å². The molecule has 0 spiro atoms. The molecule has 1 aromatic rings. The molecule has 1 fully saturated rings. The second-order valence-corrected chi connectivity index (χ2v) is 5.36. The lowest BCUT2D eigenvalue weighted by Crippen LogP contribution is -2.17. The fourth-order valence-electron chi connectivity index (χ4n) is 1.88. The average Bonchev–Trinajstić information content (AvgIpc) is 2.23. The molecule has 0 bridgehead atoms. The summed E-state index contributed by atoms with van der Waals surface area (Å²) in [7, 11) is 1.70. The van der Waals surface area contributed by atoms with Crippen LogP contribution >= 0.6 is 22.6 Å². The third-order valence-corrected chi connectivity index (χ3v) is 4.17. The highest BCUT2D eigenvalue weighted by Crippen LogP contribution is 2.35. The Labute approximate surface area is 116 Å². The molecule has 1 aliphatic rings. The molecule has 4 nitrogen and oxygen atoms in total. The van der Waals surface area contributed by atoms with E-state index in [4.69, 9.17) is 4.74 Å². The Morgan fingerprint density at radius 3 is 2.71 bits per heavy atom. The van der Waals surface area contributed by atoms with E-state index < -0.39 is 0 Å². The van der Waals surface area contributed by atoms with E-state index in [1.54, 1.807) is 7.11 Å². The zero-order valence-corrected chi connectivity index (χ0v) is 12.5.